The number of aryl methyl sites for hydroxylation is 1. The molecule has 2 saturated carbocycles. The van der Waals surface area contributed by atoms with E-state index in [1.807, 2.05) is 11.6 Å². The van der Waals surface area contributed by atoms with E-state index in [4.69, 9.17) is 0 Å². The lowest BCUT2D eigenvalue weighted by Gasteiger charge is -2.06. The largest absolute Gasteiger partial charge is 0.352 e. The molecule has 6 heteroatoms. The first-order chi connectivity index (χ1) is 9.78. The summed E-state index contributed by atoms with van der Waals surface area (Å²) in [5.74, 6) is 0.465. The normalized spacial score (nSPS) is 24.2. The van der Waals surface area contributed by atoms with Gasteiger partial charge in [0.2, 0.25) is 10.0 Å². The molecular formula is C15H25N3O2S. The lowest BCUT2D eigenvalue weighted by atomic mass is 10.1. The Morgan fingerprint density at radius 1 is 1.38 bits per heavy atom. The average Bonchev–Trinajstić information content (AvgIpc) is 3.27. The number of nitrogens with zero attached hydrogens (tertiary/aromatic N) is 1. The number of sulfonamides is 1. The van der Waals surface area contributed by atoms with Crippen LogP contribution < -0.4 is 10.0 Å². The molecule has 1 aromatic heterocycles. The van der Waals surface area contributed by atoms with Crippen molar-refractivity contribution in [1.82, 2.24) is 14.6 Å². The van der Waals surface area contributed by atoms with Gasteiger partial charge in [0.1, 0.15) is 0 Å². The molecule has 2 aliphatic carbocycles. The van der Waals surface area contributed by atoms with Crippen LogP contribution in [0.5, 0.6) is 0 Å². The van der Waals surface area contributed by atoms with Crippen molar-refractivity contribution in [2.24, 2.45) is 18.4 Å². The summed E-state index contributed by atoms with van der Waals surface area (Å²) in [5.41, 5.74) is 1.30. The number of nitrogens with one attached hydrogen (secondary N) is 2. The highest BCUT2D eigenvalue weighted by molar-refractivity contribution is 7.89. The predicted octanol–water partition coefficient (Wildman–Crippen LogP) is 1.60. The first kappa shape index (κ1) is 15.1. The second kappa shape index (κ2) is 5.11. The number of hydrogen-bond donors (Lipinski definition) is 2. The fourth-order valence-corrected chi connectivity index (χ4v) is 3.83. The van der Waals surface area contributed by atoms with E-state index in [0.29, 0.717) is 28.8 Å². The molecule has 1 aromatic rings. The summed E-state index contributed by atoms with van der Waals surface area (Å²) in [4.78, 5) is 0.371. The van der Waals surface area contributed by atoms with Gasteiger partial charge < -0.3 is 9.88 Å². The van der Waals surface area contributed by atoms with Crippen LogP contribution in [0.4, 0.5) is 0 Å². The Morgan fingerprint density at radius 3 is 2.62 bits per heavy atom. The minimum absolute atomic E-state index is 0.290. The van der Waals surface area contributed by atoms with Crippen molar-refractivity contribution >= 4 is 10.0 Å². The Morgan fingerprint density at radius 2 is 2.05 bits per heavy atom. The smallest absolute Gasteiger partial charge is 0.242 e. The van der Waals surface area contributed by atoms with Gasteiger partial charge in [0.05, 0.1) is 4.90 Å². The van der Waals surface area contributed by atoms with Crippen molar-refractivity contribution in [3.8, 4) is 0 Å². The maximum atomic E-state index is 12.3. The van der Waals surface area contributed by atoms with Crippen LogP contribution in [0.3, 0.4) is 0 Å². The van der Waals surface area contributed by atoms with Crippen LogP contribution >= 0.6 is 0 Å². The first-order valence-corrected chi connectivity index (χ1v) is 9.14. The number of rotatable bonds is 7. The van der Waals surface area contributed by atoms with E-state index in [-0.39, 0.29) is 0 Å². The van der Waals surface area contributed by atoms with Crippen LogP contribution in [0.2, 0.25) is 0 Å². The maximum Gasteiger partial charge on any atom is 0.242 e. The molecule has 5 nitrogen and oxygen atoms in total. The highest BCUT2D eigenvalue weighted by atomic mass is 32.2. The quantitative estimate of drug-likeness (QED) is 0.804. The SMILES string of the molecule is Cn1cc(S(=O)(=O)NCC2CC2(C)C)cc1CNC1CC1. The summed E-state index contributed by atoms with van der Waals surface area (Å²) in [5, 5.41) is 3.41. The van der Waals surface area contributed by atoms with E-state index in [0.717, 1.165) is 18.7 Å². The molecule has 118 valence electrons. The van der Waals surface area contributed by atoms with Gasteiger partial charge in [-0.1, -0.05) is 13.8 Å². The molecule has 3 rings (SSSR count). The Bertz CT molecular complexity index is 629. The lowest BCUT2D eigenvalue weighted by Crippen LogP contribution is -2.26. The van der Waals surface area contributed by atoms with Crippen molar-refractivity contribution in [2.75, 3.05) is 6.54 Å². The van der Waals surface area contributed by atoms with Gasteiger partial charge >= 0.3 is 0 Å². The zero-order chi connectivity index (χ0) is 15.3. The van der Waals surface area contributed by atoms with E-state index in [2.05, 4.69) is 23.9 Å². The molecule has 2 fully saturated rings. The molecule has 0 saturated heterocycles. The van der Waals surface area contributed by atoms with Crippen molar-refractivity contribution in [3.63, 3.8) is 0 Å². The van der Waals surface area contributed by atoms with E-state index >= 15 is 0 Å². The molecular weight excluding hydrogens is 286 g/mol. The van der Waals surface area contributed by atoms with Gasteiger partial charge in [0.25, 0.3) is 0 Å². The minimum Gasteiger partial charge on any atom is -0.352 e. The summed E-state index contributed by atoms with van der Waals surface area (Å²) in [6.07, 6.45) is 5.26. The summed E-state index contributed by atoms with van der Waals surface area (Å²) in [6, 6.07) is 2.39. The van der Waals surface area contributed by atoms with E-state index in [9.17, 15) is 8.42 Å². The second-order valence-corrected chi connectivity index (χ2v) is 8.94. The fraction of sp³-hybridized carbons (Fsp3) is 0.733. The van der Waals surface area contributed by atoms with Crippen LogP contribution in [-0.4, -0.2) is 25.6 Å². The molecule has 0 aliphatic heterocycles. The summed E-state index contributed by atoms with van der Waals surface area (Å²) in [6.45, 7) is 5.62. The third-order valence-electron chi connectivity index (χ3n) is 4.78. The van der Waals surface area contributed by atoms with Crippen molar-refractivity contribution in [1.29, 1.82) is 0 Å². The maximum absolute atomic E-state index is 12.3. The highest BCUT2D eigenvalue weighted by Crippen LogP contribution is 2.51. The van der Waals surface area contributed by atoms with Gasteiger partial charge in [-0.05, 0) is 36.7 Å². The van der Waals surface area contributed by atoms with Crippen molar-refractivity contribution in [2.45, 2.75) is 50.6 Å². The third-order valence-corrected chi connectivity index (χ3v) is 6.17. The standard InChI is InChI=1S/C15H25N3O2S/c1-15(2)7-11(15)8-17-21(19,20)14-6-13(18(3)10-14)9-16-12-4-5-12/h6,10-12,16-17H,4-5,7-9H2,1-3H3. The van der Waals surface area contributed by atoms with Gasteiger partial charge in [-0.25, -0.2) is 13.1 Å². The zero-order valence-electron chi connectivity index (χ0n) is 13.0. The lowest BCUT2D eigenvalue weighted by molar-refractivity contribution is 0.537. The zero-order valence-corrected chi connectivity index (χ0v) is 13.8. The van der Waals surface area contributed by atoms with Crippen LogP contribution in [0.25, 0.3) is 0 Å². The Kier molecular flexibility index (Phi) is 3.66. The van der Waals surface area contributed by atoms with Gasteiger partial charge in [0.15, 0.2) is 0 Å². The molecule has 1 heterocycles. The summed E-state index contributed by atoms with van der Waals surface area (Å²) in [7, 11) is -1.49. The van der Waals surface area contributed by atoms with Crippen LogP contribution in [0, 0.1) is 11.3 Å². The van der Waals surface area contributed by atoms with Crippen molar-refractivity contribution in [3.05, 3.63) is 18.0 Å². The molecule has 2 N–H and O–H groups in total. The van der Waals surface area contributed by atoms with Gasteiger partial charge in [-0.3, -0.25) is 0 Å². The third kappa shape index (κ3) is 3.49. The Balaban J connectivity index is 1.62. The Hall–Kier alpha value is -0.850. The molecule has 0 aromatic carbocycles. The Labute approximate surface area is 127 Å². The molecule has 0 bridgehead atoms. The van der Waals surface area contributed by atoms with Gasteiger partial charge in [0, 0.05) is 38.1 Å². The van der Waals surface area contributed by atoms with Gasteiger partial charge in [-0.15, -0.1) is 0 Å². The topological polar surface area (TPSA) is 63.1 Å². The molecule has 0 radical (unpaired) electrons. The monoisotopic (exact) mass is 311 g/mol. The molecule has 1 unspecified atom stereocenters. The van der Waals surface area contributed by atoms with E-state index in [1.165, 1.54) is 12.8 Å². The van der Waals surface area contributed by atoms with Crippen LogP contribution in [-0.2, 0) is 23.6 Å². The summed E-state index contributed by atoms with van der Waals surface area (Å²) < 4.78 is 29.3. The van der Waals surface area contributed by atoms with Crippen LogP contribution in [0.1, 0.15) is 38.8 Å². The first-order valence-electron chi connectivity index (χ1n) is 7.66. The van der Waals surface area contributed by atoms with Crippen molar-refractivity contribution < 1.29 is 8.42 Å². The van der Waals surface area contributed by atoms with Crippen LogP contribution in [0.15, 0.2) is 17.2 Å². The molecule has 0 amide bonds. The molecule has 2 aliphatic rings. The molecule has 21 heavy (non-hydrogen) atoms. The van der Waals surface area contributed by atoms with Gasteiger partial charge in [-0.2, -0.15) is 0 Å². The number of hydrogen-bond acceptors (Lipinski definition) is 3. The fourth-order valence-electron chi connectivity index (χ4n) is 2.65. The molecule has 0 spiro atoms. The molecule has 1 atom stereocenters. The summed E-state index contributed by atoms with van der Waals surface area (Å²) >= 11 is 0. The predicted molar refractivity (Wildman–Crippen MR) is 82.4 cm³/mol. The minimum atomic E-state index is -3.39. The highest BCUT2D eigenvalue weighted by Gasteiger charge is 2.45. The average molecular weight is 311 g/mol. The second-order valence-electron chi connectivity index (χ2n) is 7.17. The number of aromatic nitrogens is 1. The van der Waals surface area contributed by atoms with E-state index < -0.39 is 10.0 Å². The van der Waals surface area contributed by atoms with E-state index in [1.54, 1.807) is 12.3 Å².